The van der Waals surface area contributed by atoms with Crippen LogP contribution in [0.15, 0.2) is 30.3 Å². The van der Waals surface area contributed by atoms with E-state index in [-0.39, 0.29) is 5.41 Å². The minimum Gasteiger partial charge on any atom is -0.478 e. The van der Waals surface area contributed by atoms with Gasteiger partial charge in [-0.3, -0.25) is 4.90 Å². The molecule has 0 aliphatic rings. The Balaban J connectivity index is 2.90. The Morgan fingerprint density at radius 1 is 1.35 bits per heavy atom. The van der Waals surface area contributed by atoms with E-state index >= 15 is 0 Å². The molecule has 0 amide bonds. The predicted molar refractivity (Wildman–Crippen MR) is 83.5 cm³/mol. The molecule has 0 spiro atoms. The van der Waals surface area contributed by atoms with Crippen LogP contribution in [0.5, 0.6) is 0 Å². The van der Waals surface area contributed by atoms with Gasteiger partial charge in [-0.1, -0.05) is 45.0 Å². The van der Waals surface area contributed by atoms with Gasteiger partial charge in [0.1, 0.15) is 0 Å². The van der Waals surface area contributed by atoms with E-state index in [9.17, 15) is 4.79 Å². The lowest BCUT2D eigenvalue weighted by atomic mass is 9.87. The first-order chi connectivity index (χ1) is 9.21. The van der Waals surface area contributed by atoms with Crippen LogP contribution in [-0.4, -0.2) is 29.1 Å². The molecule has 0 aliphatic carbocycles. The van der Waals surface area contributed by atoms with E-state index in [0.717, 1.165) is 17.7 Å². The fourth-order valence-electron chi connectivity index (χ4n) is 2.07. The largest absolute Gasteiger partial charge is 0.478 e. The minimum absolute atomic E-state index is 0.209. The van der Waals surface area contributed by atoms with E-state index in [4.69, 9.17) is 5.11 Å². The molecule has 3 heteroatoms. The summed E-state index contributed by atoms with van der Waals surface area (Å²) in [6.07, 6.45) is 2.85. The number of rotatable bonds is 5. The average molecular weight is 275 g/mol. The molecule has 0 heterocycles. The van der Waals surface area contributed by atoms with Gasteiger partial charge in [0.05, 0.1) is 0 Å². The van der Waals surface area contributed by atoms with Gasteiger partial charge in [-0.2, -0.15) is 0 Å². The Morgan fingerprint density at radius 3 is 2.50 bits per heavy atom. The lowest BCUT2D eigenvalue weighted by molar-refractivity contribution is -0.131. The number of carboxylic acids is 1. The normalized spacial score (nSPS) is 13.9. The van der Waals surface area contributed by atoms with Crippen molar-refractivity contribution in [2.24, 2.45) is 5.41 Å². The van der Waals surface area contributed by atoms with E-state index in [1.165, 1.54) is 6.08 Å². The summed E-state index contributed by atoms with van der Waals surface area (Å²) in [4.78, 5) is 12.9. The van der Waals surface area contributed by atoms with Crippen molar-refractivity contribution in [1.82, 2.24) is 4.90 Å². The molecule has 110 valence electrons. The molecule has 0 saturated heterocycles. The molecule has 1 aromatic rings. The summed E-state index contributed by atoms with van der Waals surface area (Å²) in [5.74, 6) is -0.920. The van der Waals surface area contributed by atoms with Gasteiger partial charge in [-0.05, 0) is 36.6 Å². The first-order valence-electron chi connectivity index (χ1n) is 6.91. The Kier molecular flexibility index (Phi) is 5.52. The number of nitrogens with zero attached hydrogens (tertiary/aromatic N) is 1. The van der Waals surface area contributed by atoms with E-state index in [0.29, 0.717) is 6.04 Å². The van der Waals surface area contributed by atoms with Gasteiger partial charge in [-0.25, -0.2) is 4.79 Å². The number of hydrogen-bond acceptors (Lipinski definition) is 2. The lowest BCUT2D eigenvalue weighted by Gasteiger charge is -2.35. The van der Waals surface area contributed by atoms with Crippen LogP contribution in [0.25, 0.3) is 6.08 Å². The van der Waals surface area contributed by atoms with Crippen LogP contribution >= 0.6 is 0 Å². The zero-order chi connectivity index (χ0) is 15.3. The van der Waals surface area contributed by atoms with Crippen molar-refractivity contribution >= 4 is 12.0 Å². The Labute approximate surface area is 121 Å². The van der Waals surface area contributed by atoms with Crippen molar-refractivity contribution in [1.29, 1.82) is 0 Å². The van der Waals surface area contributed by atoms with Crippen LogP contribution in [0.2, 0.25) is 0 Å². The number of carbonyl (C=O) groups is 1. The summed E-state index contributed by atoms with van der Waals surface area (Å²) in [6.45, 7) is 9.70. The summed E-state index contributed by atoms with van der Waals surface area (Å²) in [7, 11) is 2.10. The summed E-state index contributed by atoms with van der Waals surface area (Å²) in [5, 5.41) is 8.75. The quantitative estimate of drug-likeness (QED) is 0.834. The highest BCUT2D eigenvalue weighted by molar-refractivity contribution is 5.85. The zero-order valence-corrected chi connectivity index (χ0v) is 13.1. The monoisotopic (exact) mass is 275 g/mol. The molecular formula is C17H25NO2. The standard InChI is InChI=1S/C17H25NO2/c1-13(17(2,3)4)18(5)12-15-9-7-6-8-14(15)10-11-16(19)20/h6-11,13H,12H2,1-5H3,(H,19,20). The topological polar surface area (TPSA) is 40.5 Å². The maximum Gasteiger partial charge on any atom is 0.328 e. The molecule has 3 nitrogen and oxygen atoms in total. The molecule has 1 rings (SSSR count). The zero-order valence-electron chi connectivity index (χ0n) is 13.1. The Hall–Kier alpha value is -1.61. The van der Waals surface area contributed by atoms with Crippen LogP contribution in [0.1, 0.15) is 38.8 Å². The lowest BCUT2D eigenvalue weighted by Crippen LogP contribution is -2.38. The van der Waals surface area contributed by atoms with Crippen LogP contribution in [-0.2, 0) is 11.3 Å². The van der Waals surface area contributed by atoms with Crippen LogP contribution in [0.3, 0.4) is 0 Å². The summed E-state index contributed by atoms with van der Waals surface area (Å²) >= 11 is 0. The molecule has 0 saturated carbocycles. The van der Waals surface area contributed by atoms with Gasteiger partial charge in [0.15, 0.2) is 0 Å². The molecular weight excluding hydrogens is 250 g/mol. The predicted octanol–water partition coefficient (Wildman–Crippen LogP) is 3.65. The SMILES string of the molecule is CC(N(C)Cc1ccccc1C=CC(=O)O)C(C)(C)C. The molecule has 1 N–H and O–H groups in total. The number of aliphatic carboxylic acids is 1. The van der Waals surface area contributed by atoms with Gasteiger partial charge < -0.3 is 5.11 Å². The molecule has 1 aromatic carbocycles. The fourth-order valence-corrected chi connectivity index (χ4v) is 2.07. The van der Waals surface area contributed by atoms with Gasteiger partial charge in [0, 0.05) is 18.7 Å². The van der Waals surface area contributed by atoms with E-state index in [1.807, 2.05) is 24.3 Å². The van der Waals surface area contributed by atoms with E-state index in [2.05, 4.69) is 39.6 Å². The average Bonchev–Trinajstić information content (AvgIpc) is 2.35. The van der Waals surface area contributed by atoms with E-state index in [1.54, 1.807) is 6.08 Å². The van der Waals surface area contributed by atoms with Gasteiger partial charge in [-0.15, -0.1) is 0 Å². The fraction of sp³-hybridized carbons (Fsp3) is 0.471. The molecule has 0 radical (unpaired) electrons. The molecule has 1 unspecified atom stereocenters. The summed E-state index contributed by atoms with van der Waals surface area (Å²) in [6, 6.07) is 8.35. The Morgan fingerprint density at radius 2 is 1.95 bits per heavy atom. The van der Waals surface area contributed by atoms with Crippen LogP contribution in [0, 0.1) is 5.41 Å². The number of benzene rings is 1. The minimum atomic E-state index is -0.920. The third-order valence-corrected chi connectivity index (χ3v) is 3.79. The third-order valence-electron chi connectivity index (χ3n) is 3.79. The van der Waals surface area contributed by atoms with Crippen molar-refractivity contribution in [2.75, 3.05) is 7.05 Å². The Bertz CT molecular complexity index is 486. The number of carboxylic acid groups (broad SMARTS) is 1. The maximum atomic E-state index is 10.6. The van der Waals surface area contributed by atoms with E-state index < -0.39 is 5.97 Å². The second kappa shape index (κ2) is 6.71. The highest BCUT2D eigenvalue weighted by Gasteiger charge is 2.23. The highest BCUT2D eigenvalue weighted by Crippen LogP contribution is 2.25. The molecule has 0 fully saturated rings. The first kappa shape index (κ1) is 16.4. The van der Waals surface area contributed by atoms with Crippen LogP contribution in [0.4, 0.5) is 0 Å². The van der Waals surface area contributed by atoms with Gasteiger partial charge >= 0.3 is 5.97 Å². The summed E-state index contributed by atoms with van der Waals surface area (Å²) < 4.78 is 0. The van der Waals surface area contributed by atoms with Crippen molar-refractivity contribution in [3.05, 3.63) is 41.5 Å². The molecule has 0 aliphatic heterocycles. The summed E-state index contributed by atoms with van der Waals surface area (Å²) in [5.41, 5.74) is 2.31. The smallest absolute Gasteiger partial charge is 0.328 e. The first-order valence-corrected chi connectivity index (χ1v) is 6.91. The van der Waals surface area contributed by atoms with Crippen molar-refractivity contribution in [3.8, 4) is 0 Å². The van der Waals surface area contributed by atoms with Crippen molar-refractivity contribution < 1.29 is 9.90 Å². The second-order valence-electron chi connectivity index (χ2n) is 6.33. The molecule has 20 heavy (non-hydrogen) atoms. The number of hydrogen-bond donors (Lipinski definition) is 1. The second-order valence-corrected chi connectivity index (χ2v) is 6.33. The molecule has 0 aromatic heterocycles. The van der Waals surface area contributed by atoms with Gasteiger partial charge in [0.25, 0.3) is 0 Å². The molecule has 1 atom stereocenters. The maximum absolute atomic E-state index is 10.6. The van der Waals surface area contributed by atoms with Crippen LogP contribution < -0.4 is 0 Å². The van der Waals surface area contributed by atoms with Crippen molar-refractivity contribution in [3.63, 3.8) is 0 Å². The molecule has 0 bridgehead atoms. The third kappa shape index (κ3) is 4.82. The van der Waals surface area contributed by atoms with Crippen molar-refractivity contribution in [2.45, 2.75) is 40.3 Å². The van der Waals surface area contributed by atoms with Gasteiger partial charge in [0.2, 0.25) is 0 Å². The highest BCUT2D eigenvalue weighted by atomic mass is 16.4.